The summed E-state index contributed by atoms with van der Waals surface area (Å²) in [5.41, 5.74) is 1.57. The number of aliphatic hydroxyl groups excluding tert-OH is 1. The Balaban J connectivity index is 1.46. The van der Waals surface area contributed by atoms with Crippen LogP contribution in [0.25, 0.3) is 0 Å². The van der Waals surface area contributed by atoms with E-state index in [1.165, 1.54) is 12.0 Å². The molecule has 5 rings (SSSR count). The Morgan fingerprint density at radius 2 is 1.63 bits per heavy atom. The van der Waals surface area contributed by atoms with Crippen LogP contribution in [0.1, 0.15) is 119 Å². The Hall–Kier alpha value is -3.41. The van der Waals surface area contributed by atoms with Gasteiger partial charge in [0.15, 0.2) is 5.78 Å². The number of piperidine rings is 1. The summed E-state index contributed by atoms with van der Waals surface area (Å²) in [6.07, 6.45) is 12.7. The smallest absolute Gasteiger partial charge is 0.329 e. The van der Waals surface area contributed by atoms with Gasteiger partial charge in [-0.05, 0) is 107 Å². The summed E-state index contributed by atoms with van der Waals surface area (Å²) in [5, 5.41) is 21.3. The molecule has 1 saturated carbocycles. The van der Waals surface area contributed by atoms with Crippen LogP contribution in [0.4, 0.5) is 0 Å². The molecule has 4 heterocycles. The molecular formula is C52H79NO14. The van der Waals surface area contributed by atoms with E-state index >= 15 is 0 Å². The predicted octanol–water partition coefficient (Wildman–Crippen LogP) is 5.97. The van der Waals surface area contributed by atoms with E-state index in [0.717, 1.165) is 12.0 Å². The summed E-state index contributed by atoms with van der Waals surface area (Å²) in [6.45, 7) is 11.4. The maximum atomic E-state index is 14.5. The third kappa shape index (κ3) is 13.9. The van der Waals surface area contributed by atoms with Gasteiger partial charge in [-0.2, -0.15) is 0 Å². The summed E-state index contributed by atoms with van der Waals surface area (Å²) in [6, 6.07) is -1.12. The number of allylic oxidation sites excluding steroid dienone is 6. The molecule has 4 aliphatic heterocycles. The van der Waals surface area contributed by atoms with E-state index in [1.807, 2.05) is 58.1 Å². The van der Waals surface area contributed by atoms with E-state index in [4.69, 9.17) is 33.2 Å². The molecule has 4 bridgehead atoms. The van der Waals surface area contributed by atoms with Crippen molar-refractivity contribution in [2.75, 3.05) is 41.1 Å². The van der Waals surface area contributed by atoms with Crippen molar-refractivity contribution in [1.29, 1.82) is 0 Å². The molecule has 2 N–H and O–H groups in total. The van der Waals surface area contributed by atoms with Crippen LogP contribution in [0.3, 0.4) is 0 Å². The minimum absolute atomic E-state index is 0.0141. The van der Waals surface area contributed by atoms with E-state index in [2.05, 4.69) is 0 Å². The normalized spacial score (nSPS) is 39.2. The first-order valence-corrected chi connectivity index (χ1v) is 24.6. The van der Waals surface area contributed by atoms with E-state index in [-0.39, 0.29) is 74.1 Å². The Kier molecular flexibility index (Phi) is 20.7. The molecule has 67 heavy (non-hydrogen) atoms. The summed E-state index contributed by atoms with van der Waals surface area (Å²) >= 11 is 0. The number of rotatable bonds is 9. The van der Waals surface area contributed by atoms with Crippen molar-refractivity contribution in [3.8, 4) is 0 Å². The largest absolute Gasteiger partial charge is 0.460 e. The third-order valence-corrected chi connectivity index (χ3v) is 14.8. The predicted molar refractivity (Wildman–Crippen MR) is 249 cm³/mol. The molecule has 0 radical (unpaired) electrons. The quantitative estimate of drug-likeness (QED) is 0.156. The molecule has 376 valence electrons. The van der Waals surface area contributed by atoms with Crippen molar-refractivity contribution in [2.24, 2.45) is 29.6 Å². The number of hydrogen-bond donors (Lipinski definition) is 2. The molecule has 0 aromatic rings. The van der Waals surface area contributed by atoms with Crippen molar-refractivity contribution in [3.05, 3.63) is 47.6 Å². The molecule has 5 aliphatic rings. The number of fused-ring (bicyclic) bond motifs is 5. The molecule has 15 atom stereocenters. The molecule has 0 aromatic heterocycles. The average Bonchev–Trinajstić information content (AvgIpc) is 3.63. The lowest BCUT2D eigenvalue weighted by Crippen LogP contribution is -2.61. The molecular weight excluding hydrogens is 863 g/mol. The lowest BCUT2D eigenvalue weighted by molar-refractivity contribution is -0.265. The van der Waals surface area contributed by atoms with Crippen LogP contribution in [-0.4, -0.2) is 146 Å². The van der Waals surface area contributed by atoms with Crippen molar-refractivity contribution in [2.45, 2.75) is 179 Å². The van der Waals surface area contributed by atoms with E-state index in [0.29, 0.717) is 63.4 Å². The fourth-order valence-electron chi connectivity index (χ4n) is 10.6. The number of Topliss-reactive ketones (excluding diaryl/α,β-unsaturated/α-hetero) is 3. The standard InChI is InChI=1S/C52H79NO14/c1-31-15-11-10-12-16-32(2)42(61-7)29-38-20-18-36(6)52(60,67-38)49(57)50(58)53-22-14-13-17-39(53)51(59)66-43(34(4)27-37-19-21-41(64-24-23-54)44(28-37)62-8)30-40(55)33(3)26-35(5)47-48(63-9)46(56)45(25-31)65-47/h10-12,15-16,26,31,33-34,36-39,41-45,47-48,54,60H,13-14,17-25,27-30H2,1-9H3/b12-10+,15-11+,32-16?,35-26+/t31-,33-,34-,36-,37+,38+,39+,41-,42+,43+,44-,45-,47-,48+,52-/m1/s1. The monoisotopic (exact) mass is 942 g/mol. The molecule has 1 aliphatic carbocycles. The Morgan fingerprint density at radius 3 is 2.33 bits per heavy atom. The van der Waals surface area contributed by atoms with Crippen molar-refractivity contribution in [3.63, 3.8) is 0 Å². The highest BCUT2D eigenvalue weighted by Crippen LogP contribution is 2.38. The van der Waals surface area contributed by atoms with Crippen LogP contribution < -0.4 is 0 Å². The molecule has 4 fully saturated rings. The summed E-state index contributed by atoms with van der Waals surface area (Å²) < 4.78 is 42.1. The van der Waals surface area contributed by atoms with Crippen LogP contribution in [0.2, 0.25) is 0 Å². The van der Waals surface area contributed by atoms with Gasteiger partial charge in [0, 0.05) is 52.6 Å². The number of cyclic esters (lactones) is 1. The topological polar surface area (TPSA) is 194 Å². The zero-order valence-corrected chi connectivity index (χ0v) is 41.4. The highest BCUT2D eigenvalue weighted by molar-refractivity contribution is 6.39. The Bertz CT molecular complexity index is 1830. The number of ketones is 3. The number of amides is 1. The molecule has 1 amide bonds. The summed E-state index contributed by atoms with van der Waals surface area (Å²) in [7, 11) is 4.70. The first-order chi connectivity index (χ1) is 31.9. The minimum atomic E-state index is -2.42. The Morgan fingerprint density at radius 1 is 0.866 bits per heavy atom. The number of carbonyl (C=O) groups is 5. The first kappa shape index (κ1) is 54.5. The summed E-state index contributed by atoms with van der Waals surface area (Å²) in [5.74, 6) is -7.12. The van der Waals surface area contributed by atoms with Crippen molar-refractivity contribution >= 4 is 29.2 Å². The Labute approximate surface area is 398 Å². The van der Waals surface area contributed by atoms with Gasteiger partial charge in [0.2, 0.25) is 5.79 Å². The SMILES string of the molecule is CO[C@H]1C[C@@H]2CC[C@@H](C)[C@@](O)(O2)C(=O)C(=O)N2CCCC[C@H]2C(=O)O[C@H]([C@H](C)C[C@@H]2CC[C@@H](OCCO)[C@H](OC)C2)CC(=O)[C@H](C)/C=C(\C)[C@H]2O[C@H](C[C@H](C)/C=C/C=C/C=C1C)C(=O)[C@@H]2OC. The second-order valence-electron chi connectivity index (χ2n) is 19.9. The molecule has 0 spiro atoms. The van der Waals surface area contributed by atoms with Crippen LogP contribution >= 0.6 is 0 Å². The van der Waals surface area contributed by atoms with Crippen LogP contribution in [0, 0.1) is 29.6 Å². The van der Waals surface area contributed by atoms with Gasteiger partial charge in [-0.3, -0.25) is 19.2 Å². The van der Waals surface area contributed by atoms with Gasteiger partial charge in [0.05, 0.1) is 37.6 Å². The number of esters is 1. The lowest BCUT2D eigenvalue weighted by atomic mass is 9.78. The van der Waals surface area contributed by atoms with E-state index in [9.17, 15) is 34.2 Å². The average molecular weight is 942 g/mol. The van der Waals surface area contributed by atoms with Gasteiger partial charge in [-0.25, -0.2) is 4.79 Å². The lowest BCUT2D eigenvalue weighted by Gasteiger charge is -2.42. The van der Waals surface area contributed by atoms with Gasteiger partial charge in [-0.15, -0.1) is 0 Å². The maximum Gasteiger partial charge on any atom is 0.329 e. The molecule has 15 heteroatoms. The molecule has 0 aromatic carbocycles. The fourth-order valence-corrected chi connectivity index (χ4v) is 10.6. The second-order valence-corrected chi connectivity index (χ2v) is 19.9. The number of methoxy groups -OCH3 is 3. The van der Waals surface area contributed by atoms with Crippen LogP contribution in [0.5, 0.6) is 0 Å². The third-order valence-electron chi connectivity index (χ3n) is 14.8. The highest BCUT2D eigenvalue weighted by atomic mass is 16.6. The fraction of sp³-hybridized carbons (Fsp3) is 0.750. The van der Waals surface area contributed by atoms with Crippen LogP contribution in [0.15, 0.2) is 47.6 Å². The van der Waals surface area contributed by atoms with Crippen LogP contribution in [-0.2, 0) is 57.1 Å². The number of ether oxygens (including phenoxy) is 7. The van der Waals surface area contributed by atoms with E-state index < -0.39 is 77.9 Å². The number of hydrogen-bond acceptors (Lipinski definition) is 14. The second kappa shape index (κ2) is 25.4. The summed E-state index contributed by atoms with van der Waals surface area (Å²) in [4.78, 5) is 72.1. The first-order valence-electron chi connectivity index (χ1n) is 24.6. The number of carbonyl (C=O) groups excluding carboxylic acids is 5. The van der Waals surface area contributed by atoms with Gasteiger partial charge in [0.25, 0.3) is 11.7 Å². The number of nitrogens with zero attached hydrogens (tertiary/aromatic N) is 1. The highest BCUT2D eigenvalue weighted by Gasteiger charge is 2.53. The zero-order chi connectivity index (χ0) is 49.0. The maximum absolute atomic E-state index is 14.5. The molecule has 3 saturated heterocycles. The minimum Gasteiger partial charge on any atom is -0.460 e. The molecule has 15 nitrogen and oxygen atoms in total. The zero-order valence-electron chi connectivity index (χ0n) is 41.4. The van der Waals surface area contributed by atoms with Gasteiger partial charge in [0.1, 0.15) is 36.2 Å². The van der Waals surface area contributed by atoms with Gasteiger partial charge >= 0.3 is 5.97 Å². The van der Waals surface area contributed by atoms with Gasteiger partial charge < -0.3 is 48.3 Å². The van der Waals surface area contributed by atoms with Gasteiger partial charge in [-0.1, -0.05) is 64.2 Å². The number of aliphatic hydroxyl groups is 2. The van der Waals surface area contributed by atoms with Crippen molar-refractivity contribution < 1.29 is 67.3 Å². The van der Waals surface area contributed by atoms with E-state index in [1.54, 1.807) is 34.1 Å². The van der Waals surface area contributed by atoms with Crippen molar-refractivity contribution in [1.82, 2.24) is 4.90 Å². The molecule has 0 unspecified atom stereocenters.